The summed E-state index contributed by atoms with van der Waals surface area (Å²) in [6.45, 7) is 0.372. The second-order valence-electron chi connectivity index (χ2n) is 22.1. The topological polar surface area (TPSA) is 369 Å². The van der Waals surface area contributed by atoms with E-state index in [-0.39, 0.29) is 91.6 Å². The maximum absolute atomic E-state index is 14.5. The number of carbonyl (C=O) groups excluding carboxylic acids is 6. The summed E-state index contributed by atoms with van der Waals surface area (Å²) in [6, 6.07) is 21.7. The fraction of sp³-hybridized carbons (Fsp3) is 0.365. The van der Waals surface area contributed by atoms with Gasteiger partial charge in [0.2, 0.25) is 24.4 Å². The number of carboxylic acid groups (broad SMARTS) is 2. The van der Waals surface area contributed by atoms with E-state index in [1.54, 1.807) is 66.7 Å². The Bertz CT molecular complexity index is 3730. The molecule has 0 bridgehead atoms. The number of aliphatic carboxylic acids is 2. The van der Waals surface area contributed by atoms with Crippen molar-refractivity contribution in [2.45, 2.75) is 105 Å². The van der Waals surface area contributed by atoms with E-state index in [1.165, 1.54) is 58.4 Å². The zero-order valence-electron chi connectivity index (χ0n) is 47.8. The van der Waals surface area contributed by atoms with Crippen LogP contribution in [0.3, 0.4) is 0 Å². The minimum Gasteiger partial charge on any atom is -0.479 e. The van der Waals surface area contributed by atoms with Gasteiger partial charge in [0.25, 0.3) is 23.6 Å². The third kappa shape index (κ3) is 13.4. The lowest BCUT2D eigenvalue weighted by molar-refractivity contribution is -0.270. The van der Waals surface area contributed by atoms with Crippen molar-refractivity contribution >= 4 is 121 Å². The summed E-state index contributed by atoms with van der Waals surface area (Å²) in [5, 5.41) is 90.6. The number of fused-ring (bicyclic) bond motifs is 6. The van der Waals surface area contributed by atoms with Crippen LogP contribution in [-0.4, -0.2) is 192 Å². The van der Waals surface area contributed by atoms with Crippen LogP contribution in [-0.2, 0) is 47.8 Å². The zero-order chi connectivity index (χ0) is 64.2. The normalized spacial score (nSPS) is 25.5. The molecule has 27 heteroatoms. The van der Waals surface area contributed by atoms with Gasteiger partial charge in [-0.15, -0.1) is 23.2 Å². The highest BCUT2D eigenvalue weighted by atomic mass is 35.5. The number of amides is 6. The molecule has 0 spiro atoms. The lowest BCUT2D eigenvalue weighted by atomic mass is 9.95. The molecular formula is C63H63Cl2N5O20. The molecule has 10 rings (SSSR count). The molecule has 5 aliphatic rings. The molecule has 5 aromatic rings. The molecule has 5 heterocycles. The van der Waals surface area contributed by atoms with Crippen LogP contribution >= 0.6 is 23.2 Å². The predicted molar refractivity (Wildman–Crippen MR) is 325 cm³/mol. The van der Waals surface area contributed by atoms with Gasteiger partial charge >= 0.3 is 11.9 Å². The van der Waals surface area contributed by atoms with E-state index in [4.69, 9.17) is 42.1 Å². The largest absolute Gasteiger partial charge is 0.479 e. The summed E-state index contributed by atoms with van der Waals surface area (Å²) in [6.07, 6.45) is -9.68. The lowest BCUT2D eigenvalue weighted by Gasteiger charge is -2.38. The Labute approximate surface area is 522 Å². The van der Waals surface area contributed by atoms with Gasteiger partial charge in [0, 0.05) is 116 Å². The average molecular weight is 1280 g/mol. The van der Waals surface area contributed by atoms with Crippen LogP contribution in [0.1, 0.15) is 66.2 Å². The maximum Gasteiger partial charge on any atom is 0.335 e. The number of ether oxygens (including phenoxy) is 4. The Morgan fingerprint density at radius 1 is 0.578 bits per heavy atom. The van der Waals surface area contributed by atoms with Crippen molar-refractivity contribution in [2.24, 2.45) is 0 Å². The Kier molecular flexibility index (Phi) is 20.0. The monoisotopic (exact) mass is 1280 g/mol. The number of carboxylic acids is 2. The molecule has 0 saturated carbocycles. The molecule has 6 amide bonds. The quantitative estimate of drug-likeness (QED) is 0.0206. The standard InChI is InChI=1S/C63H63Cl2N5O20/c64-27-33-29-69(40-25-42(35-8-3-5-10-37(35)50(33)40)87-62-56(81)52(77)54(79)58(89-62)60(83)84)48(75)17-14-31-13-15-32(39(24-31)67-45(72)21-22-66-44(71)12-2-1-7-23-68-46(73)19-20-47(68)74)16-18-49(76)70-30-34(28-65)51-38-11-6-4-9-36(38)43(26-41(51)70)88-63-57(82)53(78)55(80)59(90-63)61(85)86/h3-6,8-11,13-20,24-26,33-34,52-59,62-63,77-82H,1-2,7,12,21-23,27-30H2,(H,66,71)(H,67,72)(H,83,84)(H,85,86)/b17-14+,18-16+/t33-,34?,52+,53+,54+,55+,56-,57-,58+,59+,62-,63-/m1/s1. The number of imide groups is 1. The SMILES string of the molecule is O=C(CCCCCN1C(=O)C=CC1=O)NCCC(=O)Nc1cc(/C=C/C(=O)N2C[C@@H](CCl)c3c2cc(O[C@@H]2O[C@H](C(=O)O)[C@@H](O)[C@H](O)[C@H]2O)c2ccccc32)ccc1/C=C/C(=O)N1CC(CCl)c2c1cc(O[C@@H]1O[C@H](C(=O)O)[C@@H](O)[C@H](O)[C@H]1O)c1ccccc21. The molecule has 0 aliphatic carbocycles. The first-order chi connectivity index (χ1) is 43.2. The van der Waals surface area contributed by atoms with Crippen molar-refractivity contribution in [3.05, 3.63) is 125 Å². The minimum absolute atomic E-state index is 0.0383. The number of aliphatic hydroxyl groups excluding tert-OH is 6. The molecule has 25 nitrogen and oxygen atoms in total. The highest BCUT2D eigenvalue weighted by Gasteiger charge is 2.50. The second kappa shape index (κ2) is 27.8. The number of alkyl halides is 2. The number of unbranched alkanes of at least 4 members (excludes halogenated alkanes) is 2. The number of nitrogens with zero attached hydrogens (tertiary/aromatic N) is 3. The molecule has 5 aliphatic heterocycles. The van der Waals surface area contributed by atoms with Gasteiger partial charge in [0.15, 0.2) is 12.2 Å². The summed E-state index contributed by atoms with van der Waals surface area (Å²) in [5.74, 6) is -6.47. The number of nitrogens with one attached hydrogen (secondary N) is 2. The zero-order valence-corrected chi connectivity index (χ0v) is 49.3. The molecule has 12 atom stereocenters. The van der Waals surface area contributed by atoms with Crippen LogP contribution in [0.4, 0.5) is 17.1 Å². The molecule has 2 fully saturated rings. The van der Waals surface area contributed by atoms with Gasteiger partial charge in [-0.3, -0.25) is 33.7 Å². The van der Waals surface area contributed by atoms with Crippen LogP contribution in [0, 0.1) is 0 Å². The van der Waals surface area contributed by atoms with Crippen LogP contribution < -0.4 is 29.9 Å². The molecule has 0 aromatic heterocycles. The summed E-state index contributed by atoms with van der Waals surface area (Å²) in [7, 11) is 0. The van der Waals surface area contributed by atoms with E-state index in [2.05, 4.69) is 10.6 Å². The van der Waals surface area contributed by atoms with Gasteiger partial charge in [-0.05, 0) is 64.1 Å². The van der Waals surface area contributed by atoms with Crippen molar-refractivity contribution in [3.8, 4) is 11.5 Å². The van der Waals surface area contributed by atoms with Crippen LogP contribution in [0.2, 0.25) is 0 Å². The van der Waals surface area contributed by atoms with Crippen molar-refractivity contribution in [2.75, 3.05) is 53.1 Å². The fourth-order valence-corrected chi connectivity index (χ4v) is 12.2. The Morgan fingerprint density at radius 2 is 1.07 bits per heavy atom. The van der Waals surface area contributed by atoms with E-state index in [9.17, 15) is 79.2 Å². The number of hydrogen-bond donors (Lipinski definition) is 10. The van der Waals surface area contributed by atoms with Gasteiger partial charge in [0.1, 0.15) is 48.1 Å². The number of benzene rings is 5. The molecule has 2 saturated heterocycles. The molecule has 0 radical (unpaired) electrons. The summed E-state index contributed by atoms with van der Waals surface area (Å²) < 4.78 is 23.0. The van der Waals surface area contributed by atoms with Gasteiger partial charge in [-0.1, -0.05) is 67.1 Å². The number of aliphatic hydroxyl groups is 6. The predicted octanol–water partition coefficient (Wildman–Crippen LogP) is 3.23. The van der Waals surface area contributed by atoms with Crippen LogP contribution in [0.15, 0.2) is 103 Å². The number of carbonyl (C=O) groups is 8. The number of rotatable bonds is 22. The first-order valence-electron chi connectivity index (χ1n) is 28.8. The molecule has 474 valence electrons. The van der Waals surface area contributed by atoms with Gasteiger partial charge in [-0.2, -0.15) is 0 Å². The number of hydrogen-bond acceptors (Lipinski definition) is 18. The number of halogens is 2. The summed E-state index contributed by atoms with van der Waals surface area (Å²) in [5.41, 5.74) is 3.00. The van der Waals surface area contributed by atoms with Crippen molar-refractivity contribution < 1.29 is 98.2 Å². The Hall–Kier alpha value is -8.34. The van der Waals surface area contributed by atoms with Gasteiger partial charge in [0.05, 0.1) is 11.4 Å². The van der Waals surface area contributed by atoms with Crippen LogP contribution in [0.5, 0.6) is 11.5 Å². The highest BCUT2D eigenvalue weighted by molar-refractivity contribution is 6.20. The summed E-state index contributed by atoms with van der Waals surface area (Å²) >= 11 is 13.1. The fourth-order valence-electron chi connectivity index (χ4n) is 11.7. The first-order valence-corrected chi connectivity index (χ1v) is 29.9. The second-order valence-corrected chi connectivity index (χ2v) is 22.8. The van der Waals surface area contributed by atoms with Gasteiger partial charge < -0.3 is 80.2 Å². The van der Waals surface area contributed by atoms with Crippen molar-refractivity contribution in [1.29, 1.82) is 0 Å². The van der Waals surface area contributed by atoms with E-state index >= 15 is 0 Å². The van der Waals surface area contributed by atoms with Crippen molar-refractivity contribution in [1.82, 2.24) is 10.2 Å². The molecule has 10 N–H and O–H groups in total. The summed E-state index contributed by atoms with van der Waals surface area (Å²) in [4.78, 5) is 107. The maximum atomic E-state index is 14.5. The Morgan fingerprint density at radius 3 is 1.56 bits per heavy atom. The lowest BCUT2D eigenvalue weighted by Crippen LogP contribution is -2.61. The minimum atomic E-state index is -1.97. The number of anilines is 3. The molecular weight excluding hydrogens is 1220 g/mol. The molecule has 90 heavy (non-hydrogen) atoms. The van der Waals surface area contributed by atoms with E-state index in [0.717, 1.165) is 4.90 Å². The average Bonchev–Trinajstić information content (AvgIpc) is 1.54. The third-order valence-corrected chi connectivity index (χ3v) is 17.1. The Balaban J connectivity index is 0.900. The smallest absolute Gasteiger partial charge is 0.335 e. The first kappa shape index (κ1) is 64.6. The highest BCUT2D eigenvalue weighted by Crippen LogP contribution is 2.48. The van der Waals surface area contributed by atoms with E-state index in [0.29, 0.717) is 74.4 Å². The molecule has 1 unspecified atom stereocenters. The van der Waals surface area contributed by atoms with Crippen molar-refractivity contribution in [3.63, 3.8) is 0 Å². The van der Waals surface area contributed by atoms with E-state index < -0.39 is 97.0 Å². The van der Waals surface area contributed by atoms with Crippen LogP contribution in [0.25, 0.3) is 33.7 Å². The van der Waals surface area contributed by atoms with Gasteiger partial charge in [-0.25, -0.2) is 9.59 Å². The molecule has 5 aromatic carbocycles. The third-order valence-electron chi connectivity index (χ3n) is 16.3. The van der Waals surface area contributed by atoms with E-state index in [1.807, 2.05) is 0 Å².